The molecule has 0 saturated carbocycles. The lowest BCUT2D eigenvalue weighted by atomic mass is 10.0. The smallest absolute Gasteiger partial charge is 0.404 e. The Labute approximate surface area is 96.4 Å². The highest BCUT2D eigenvalue weighted by Gasteiger charge is 2.37. The summed E-state index contributed by atoms with van der Waals surface area (Å²) in [5, 5.41) is 0. The second kappa shape index (κ2) is 5.18. The Balaban J connectivity index is 2.70. The van der Waals surface area contributed by atoms with Crippen LogP contribution in [-0.2, 0) is 0 Å². The molecule has 1 aromatic carbocycles. The number of ketones is 1. The first-order valence-corrected chi connectivity index (χ1v) is 4.84. The van der Waals surface area contributed by atoms with Crippen LogP contribution in [0.4, 0.5) is 13.2 Å². The van der Waals surface area contributed by atoms with Gasteiger partial charge in [-0.2, -0.15) is 13.2 Å². The third-order valence-corrected chi connectivity index (χ3v) is 2.24. The van der Waals surface area contributed by atoms with Crippen molar-refractivity contribution in [2.45, 2.75) is 18.6 Å². The number of carbonyl (C=O) groups excluding carboxylic acids is 1. The number of Topliss-reactive ketones (excluding diaryl/α,β-unsaturated/α-hetero) is 1. The molecule has 0 radical (unpaired) electrons. The van der Waals surface area contributed by atoms with Crippen LogP contribution in [0.5, 0.6) is 5.75 Å². The molecule has 0 spiro atoms. The first kappa shape index (κ1) is 13.5. The number of hydrogen-bond acceptors (Lipinski definition) is 3. The van der Waals surface area contributed by atoms with Crippen molar-refractivity contribution in [1.82, 2.24) is 0 Å². The summed E-state index contributed by atoms with van der Waals surface area (Å²) in [6, 6.07) is 3.70. The minimum atomic E-state index is -4.55. The molecule has 1 aromatic rings. The van der Waals surface area contributed by atoms with E-state index < -0.39 is 24.4 Å². The van der Waals surface area contributed by atoms with Gasteiger partial charge in [0.15, 0.2) is 5.78 Å². The minimum Gasteiger partial charge on any atom is -0.497 e. The number of methoxy groups -OCH3 is 1. The fourth-order valence-corrected chi connectivity index (χ4v) is 1.21. The van der Waals surface area contributed by atoms with Crippen LogP contribution in [0.2, 0.25) is 0 Å². The van der Waals surface area contributed by atoms with E-state index in [1.165, 1.54) is 31.4 Å². The fourth-order valence-electron chi connectivity index (χ4n) is 1.21. The molecule has 6 heteroatoms. The van der Waals surface area contributed by atoms with Crippen molar-refractivity contribution in [3.8, 4) is 5.75 Å². The van der Waals surface area contributed by atoms with Crippen molar-refractivity contribution in [3.05, 3.63) is 29.8 Å². The van der Waals surface area contributed by atoms with Crippen molar-refractivity contribution in [3.63, 3.8) is 0 Å². The van der Waals surface area contributed by atoms with E-state index in [0.29, 0.717) is 5.75 Å². The summed E-state index contributed by atoms with van der Waals surface area (Å²) in [5.41, 5.74) is 5.06. The maximum absolute atomic E-state index is 12.1. The average molecular weight is 247 g/mol. The summed E-state index contributed by atoms with van der Waals surface area (Å²) in [6.07, 6.45) is -5.31. The van der Waals surface area contributed by atoms with Gasteiger partial charge in [-0.15, -0.1) is 0 Å². The van der Waals surface area contributed by atoms with Gasteiger partial charge in [0.1, 0.15) is 11.8 Å². The number of ether oxygens (including phenoxy) is 1. The first-order valence-electron chi connectivity index (χ1n) is 4.84. The van der Waals surface area contributed by atoms with Crippen molar-refractivity contribution < 1.29 is 22.7 Å². The maximum Gasteiger partial charge on any atom is 0.404 e. The largest absolute Gasteiger partial charge is 0.497 e. The summed E-state index contributed by atoms with van der Waals surface area (Å²) in [7, 11) is 1.45. The van der Waals surface area contributed by atoms with E-state index in [-0.39, 0.29) is 5.56 Å². The molecule has 0 saturated heterocycles. The summed E-state index contributed by atoms with van der Waals surface area (Å²) in [6.45, 7) is 0. The number of rotatable bonds is 4. The van der Waals surface area contributed by atoms with Crippen LogP contribution in [0.15, 0.2) is 24.3 Å². The molecule has 0 aliphatic carbocycles. The molecule has 0 amide bonds. The Bertz CT molecular complexity index is 387. The van der Waals surface area contributed by atoms with Crippen LogP contribution in [-0.4, -0.2) is 25.1 Å². The van der Waals surface area contributed by atoms with Crippen LogP contribution in [0, 0.1) is 0 Å². The van der Waals surface area contributed by atoms with Gasteiger partial charge in [0, 0.05) is 12.0 Å². The number of benzene rings is 1. The van der Waals surface area contributed by atoms with Gasteiger partial charge in [0.2, 0.25) is 0 Å². The van der Waals surface area contributed by atoms with E-state index in [1.54, 1.807) is 0 Å². The number of carbonyl (C=O) groups is 1. The maximum atomic E-state index is 12.1. The van der Waals surface area contributed by atoms with Gasteiger partial charge in [-0.05, 0) is 24.3 Å². The highest BCUT2D eigenvalue weighted by atomic mass is 19.4. The van der Waals surface area contributed by atoms with E-state index in [1.807, 2.05) is 0 Å². The lowest BCUT2D eigenvalue weighted by molar-refractivity contribution is -0.146. The molecule has 0 aromatic heterocycles. The Morgan fingerprint density at radius 3 is 2.29 bits per heavy atom. The highest BCUT2D eigenvalue weighted by Crippen LogP contribution is 2.22. The Morgan fingerprint density at radius 2 is 1.88 bits per heavy atom. The number of hydrogen-bond donors (Lipinski definition) is 1. The standard InChI is InChI=1S/C11H12F3NO2/c1-17-8-4-2-7(3-5-8)9(16)6-10(15)11(12,13)14/h2-5,10H,6,15H2,1H3. The molecule has 0 fully saturated rings. The SMILES string of the molecule is COc1ccc(C(=O)CC(N)C(F)(F)F)cc1. The van der Waals surface area contributed by atoms with Crippen LogP contribution in [0.3, 0.4) is 0 Å². The third kappa shape index (κ3) is 3.74. The lowest BCUT2D eigenvalue weighted by Crippen LogP contribution is -2.39. The Hall–Kier alpha value is -1.56. The van der Waals surface area contributed by atoms with Crippen LogP contribution < -0.4 is 10.5 Å². The van der Waals surface area contributed by atoms with E-state index in [9.17, 15) is 18.0 Å². The van der Waals surface area contributed by atoms with E-state index in [4.69, 9.17) is 10.5 Å². The fraction of sp³-hybridized carbons (Fsp3) is 0.364. The van der Waals surface area contributed by atoms with Gasteiger partial charge in [-0.1, -0.05) is 0 Å². The molecule has 3 nitrogen and oxygen atoms in total. The van der Waals surface area contributed by atoms with Crippen molar-refractivity contribution in [2.24, 2.45) is 5.73 Å². The van der Waals surface area contributed by atoms with Crippen LogP contribution in [0.25, 0.3) is 0 Å². The first-order chi connectivity index (χ1) is 7.84. The van der Waals surface area contributed by atoms with Gasteiger partial charge in [0.05, 0.1) is 7.11 Å². The molecule has 1 unspecified atom stereocenters. The summed E-state index contributed by atoms with van der Waals surface area (Å²) >= 11 is 0. The van der Waals surface area contributed by atoms with Gasteiger partial charge in [0.25, 0.3) is 0 Å². The topological polar surface area (TPSA) is 52.3 Å². The molecule has 0 aliphatic rings. The van der Waals surface area contributed by atoms with Crippen LogP contribution >= 0.6 is 0 Å². The van der Waals surface area contributed by atoms with E-state index in [2.05, 4.69) is 0 Å². The zero-order chi connectivity index (χ0) is 13.1. The Morgan fingerprint density at radius 1 is 1.35 bits per heavy atom. The number of nitrogens with two attached hydrogens (primary N) is 1. The second-order valence-corrected chi connectivity index (χ2v) is 3.50. The average Bonchev–Trinajstić information content (AvgIpc) is 2.27. The third-order valence-electron chi connectivity index (χ3n) is 2.24. The molecular weight excluding hydrogens is 235 g/mol. The molecule has 1 atom stereocenters. The molecule has 2 N–H and O–H groups in total. The van der Waals surface area contributed by atoms with Gasteiger partial charge >= 0.3 is 6.18 Å². The molecular formula is C11H12F3NO2. The molecule has 94 valence electrons. The number of halogens is 3. The molecule has 0 bridgehead atoms. The Kier molecular flexibility index (Phi) is 4.11. The normalized spacial score (nSPS) is 13.2. The van der Waals surface area contributed by atoms with Gasteiger partial charge in [-0.25, -0.2) is 0 Å². The lowest BCUT2D eigenvalue weighted by Gasteiger charge is -2.14. The summed E-state index contributed by atoms with van der Waals surface area (Å²) in [5.74, 6) is -0.112. The zero-order valence-electron chi connectivity index (χ0n) is 9.12. The summed E-state index contributed by atoms with van der Waals surface area (Å²) in [4.78, 5) is 11.5. The predicted molar refractivity (Wildman–Crippen MR) is 56.0 cm³/mol. The van der Waals surface area contributed by atoms with Gasteiger partial charge < -0.3 is 10.5 Å². The zero-order valence-corrected chi connectivity index (χ0v) is 9.12. The van der Waals surface area contributed by atoms with Crippen molar-refractivity contribution in [1.29, 1.82) is 0 Å². The minimum absolute atomic E-state index is 0.186. The second-order valence-electron chi connectivity index (χ2n) is 3.50. The summed E-state index contributed by atoms with van der Waals surface area (Å²) < 4.78 is 41.3. The highest BCUT2D eigenvalue weighted by molar-refractivity contribution is 5.96. The predicted octanol–water partition coefficient (Wildman–Crippen LogP) is 2.16. The quantitative estimate of drug-likeness (QED) is 0.829. The monoisotopic (exact) mass is 247 g/mol. The van der Waals surface area contributed by atoms with E-state index in [0.717, 1.165) is 0 Å². The molecule has 17 heavy (non-hydrogen) atoms. The van der Waals surface area contributed by atoms with Crippen molar-refractivity contribution in [2.75, 3.05) is 7.11 Å². The molecule has 0 heterocycles. The molecule has 1 rings (SSSR count). The van der Waals surface area contributed by atoms with E-state index >= 15 is 0 Å². The molecule has 0 aliphatic heterocycles. The number of alkyl halides is 3. The van der Waals surface area contributed by atoms with Crippen molar-refractivity contribution >= 4 is 5.78 Å². The van der Waals surface area contributed by atoms with Crippen LogP contribution in [0.1, 0.15) is 16.8 Å². The van der Waals surface area contributed by atoms with Gasteiger partial charge in [-0.3, -0.25) is 4.79 Å².